The highest BCUT2D eigenvalue weighted by molar-refractivity contribution is 6.33. The smallest absolute Gasteiger partial charge is 0.158 e. The maximum atomic E-state index is 15.1. The van der Waals surface area contributed by atoms with Crippen molar-refractivity contribution < 1.29 is 13.9 Å². The van der Waals surface area contributed by atoms with Crippen molar-refractivity contribution in [2.45, 2.75) is 19.3 Å². The highest BCUT2D eigenvalue weighted by Crippen LogP contribution is 2.45. The Balaban J connectivity index is 2.37. The normalized spacial score (nSPS) is 15.3. The van der Waals surface area contributed by atoms with E-state index in [0.717, 1.165) is 6.07 Å². The molecule has 1 heterocycles. The number of phenols is 1. The van der Waals surface area contributed by atoms with Crippen molar-refractivity contribution >= 4 is 29.8 Å². The molecular weight excluding hydrogens is 322 g/mol. The van der Waals surface area contributed by atoms with Crippen LogP contribution < -0.4 is 0 Å². The van der Waals surface area contributed by atoms with Crippen LogP contribution in [0.3, 0.4) is 0 Å². The van der Waals surface area contributed by atoms with Crippen LogP contribution in [-0.2, 0) is 5.41 Å². The molecule has 3 rings (SSSR count). The Morgan fingerprint density at radius 2 is 1.91 bits per heavy atom. The molecule has 6 heteroatoms. The number of aromatic hydroxyl groups is 1. The van der Waals surface area contributed by atoms with Gasteiger partial charge in [-0.05, 0) is 23.8 Å². The van der Waals surface area contributed by atoms with Gasteiger partial charge < -0.3 is 5.11 Å². The maximum absolute atomic E-state index is 15.1. The van der Waals surface area contributed by atoms with Gasteiger partial charge >= 0.3 is 0 Å². The van der Waals surface area contributed by atoms with Gasteiger partial charge in [0.25, 0.3) is 0 Å². The fourth-order valence-corrected chi connectivity index (χ4v) is 2.88. The van der Waals surface area contributed by atoms with E-state index in [0.29, 0.717) is 5.56 Å². The second kappa shape index (κ2) is 5.42. The fourth-order valence-electron chi connectivity index (χ4n) is 2.60. The summed E-state index contributed by atoms with van der Waals surface area (Å²) in [7, 11) is 0. The molecule has 0 saturated carbocycles. The summed E-state index contributed by atoms with van der Waals surface area (Å²) < 4.78 is 29.2. The van der Waals surface area contributed by atoms with Crippen LogP contribution in [0.1, 0.15) is 19.4 Å². The number of benzene rings is 2. The number of nitrogens with zero attached hydrogens (tertiary/aromatic N) is 2. The molecule has 0 aliphatic carbocycles. The first kappa shape index (κ1) is 15.6. The van der Waals surface area contributed by atoms with Crippen LogP contribution in [0.15, 0.2) is 34.3 Å². The van der Waals surface area contributed by atoms with Crippen molar-refractivity contribution in [3.05, 3.63) is 46.5 Å². The SMILES string of the molecule is CC1(C)C=NC=Nc2c1cc(Cl)c(-c1c(O)cccc1F)c2F. The van der Waals surface area contributed by atoms with Crippen LogP contribution >= 0.6 is 11.6 Å². The van der Waals surface area contributed by atoms with Gasteiger partial charge in [0.1, 0.15) is 23.6 Å². The molecule has 2 aromatic rings. The van der Waals surface area contributed by atoms with Gasteiger partial charge in [-0.15, -0.1) is 0 Å². The van der Waals surface area contributed by atoms with E-state index in [1.807, 2.05) is 13.8 Å². The van der Waals surface area contributed by atoms with Crippen molar-refractivity contribution in [1.29, 1.82) is 0 Å². The molecular formula is C17H13ClF2N2O. The molecule has 0 aromatic heterocycles. The summed E-state index contributed by atoms with van der Waals surface area (Å²) in [5.41, 5.74) is -0.509. The number of aliphatic imine (C=N–C) groups is 2. The van der Waals surface area contributed by atoms with Gasteiger partial charge in [-0.25, -0.2) is 18.8 Å². The van der Waals surface area contributed by atoms with Crippen LogP contribution in [-0.4, -0.2) is 17.7 Å². The Hall–Kier alpha value is -2.27. The van der Waals surface area contributed by atoms with E-state index in [9.17, 15) is 9.50 Å². The molecule has 3 nitrogen and oxygen atoms in total. The Morgan fingerprint density at radius 1 is 1.17 bits per heavy atom. The monoisotopic (exact) mass is 334 g/mol. The first-order chi connectivity index (χ1) is 10.8. The molecule has 0 fully saturated rings. The van der Waals surface area contributed by atoms with E-state index in [1.165, 1.54) is 24.5 Å². The minimum Gasteiger partial charge on any atom is -0.507 e. The van der Waals surface area contributed by atoms with Crippen LogP contribution in [0.4, 0.5) is 14.5 Å². The first-order valence-electron chi connectivity index (χ1n) is 6.90. The fraction of sp³-hybridized carbons (Fsp3) is 0.176. The van der Waals surface area contributed by atoms with Gasteiger partial charge in [-0.2, -0.15) is 0 Å². The molecule has 1 N–H and O–H groups in total. The Labute approximate surface area is 137 Å². The molecule has 0 atom stereocenters. The topological polar surface area (TPSA) is 45.0 Å². The molecule has 0 radical (unpaired) electrons. The number of halogens is 3. The predicted molar refractivity (Wildman–Crippen MR) is 88.1 cm³/mol. The van der Waals surface area contributed by atoms with Crippen molar-refractivity contribution in [2.75, 3.05) is 0 Å². The van der Waals surface area contributed by atoms with Gasteiger partial charge in [-0.3, -0.25) is 0 Å². The molecule has 0 unspecified atom stereocenters. The van der Waals surface area contributed by atoms with E-state index in [2.05, 4.69) is 9.98 Å². The summed E-state index contributed by atoms with van der Waals surface area (Å²) in [6.07, 6.45) is 2.87. The average molecular weight is 335 g/mol. The van der Waals surface area contributed by atoms with Crippen LogP contribution in [0.2, 0.25) is 5.02 Å². The predicted octanol–water partition coefficient (Wildman–Crippen LogP) is 5.01. The minimum absolute atomic E-state index is 0.000208. The highest BCUT2D eigenvalue weighted by atomic mass is 35.5. The standard InChI is InChI=1S/C17H13ClF2N2O/c1-17(2)7-21-8-22-16-9(17)6-10(18)13(15(16)20)14-11(19)4-3-5-12(14)23/h3-8,23H,1-2H3. The lowest BCUT2D eigenvalue weighted by Crippen LogP contribution is -2.19. The summed E-state index contributed by atoms with van der Waals surface area (Å²) in [5.74, 6) is -1.94. The number of fused-ring (bicyclic) bond motifs is 1. The van der Waals surface area contributed by atoms with Gasteiger partial charge in [0.2, 0.25) is 0 Å². The van der Waals surface area contributed by atoms with E-state index in [1.54, 1.807) is 6.21 Å². The Kier molecular flexibility index (Phi) is 3.68. The van der Waals surface area contributed by atoms with Crippen LogP contribution in [0.25, 0.3) is 11.1 Å². The summed E-state index contributed by atoms with van der Waals surface area (Å²) >= 11 is 6.21. The van der Waals surface area contributed by atoms with Crippen LogP contribution in [0, 0.1) is 11.6 Å². The van der Waals surface area contributed by atoms with E-state index in [4.69, 9.17) is 11.6 Å². The van der Waals surface area contributed by atoms with E-state index >= 15 is 4.39 Å². The third-order valence-corrected chi connectivity index (χ3v) is 4.08. The summed E-state index contributed by atoms with van der Waals surface area (Å²) in [6.45, 7) is 3.69. The molecule has 0 bridgehead atoms. The quantitative estimate of drug-likeness (QED) is 0.782. The molecule has 23 heavy (non-hydrogen) atoms. The van der Waals surface area contributed by atoms with Crippen molar-refractivity contribution in [2.24, 2.45) is 9.98 Å². The lowest BCUT2D eigenvalue weighted by molar-refractivity contribution is 0.471. The van der Waals surface area contributed by atoms with Crippen molar-refractivity contribution in [1.82, 2.24) is 0 Å². The number of hydrogen-bond donors (Lipinski definition) is 1. The lowest BCUT2D eigenvalue weighted by atomic mass is 9.83. The summed E-state index contributed by atoms with van der Waals surface area (Å²) in [4.78, 5) is 8.00. The molecule has 1 aliphatic heterocycles. The third kappa shape index (κ3) is 2.51. The first-order valence-corrected chi connectivity index (χ1v) is 7.28. The Bertz CT molecular complexity index is 840. The zero-order valence-corrected chi connectivity index (χ0v) is 13.2. The average Bonchev–Trinajstić information content (AvgIpc) is 2.61. The van der Waals surface area contributed by atoms with Crippen molar-refractivity contribution in [3.8, 4) is 16.9 Å². The second-order valence-corrected chi connectivity index (χ2v) is 6.23. The zero-order valence-electron chi connectivity index (χ0n) is 12.4. The van der Waals surface area contributed by atoms with Gasteiger partial charge in [0.05, 0.1) is 10.6 Å². The summed E-state index contributed by atoms with van der Waals surface area (Å²) in [6, 6.07) is 5.28. The zero-order chi connectivity index (χ0) is 16.8. The number of rotatable bonds is 1. The molecule has 0 saturated heterocycles. The highest BCUT2D eigenvalue weighted by Gasteiger charge is 2.30. The third-order valence-electron chi connectivity index (χ3n) is 3.78. The molecule has 118 valence electrons. The number of hydrogen-bond acceptors (Lipinski definition) is 3. The van der Waals surface area contributed by atoms with Gasteiger partial charge in [0, 0.05) is 17.2 Å². The molecule has 1 aliphatic rings. The molecule has 0 amide bonds. The van der Waals surface area contributed by atoms with E-state index < -0.39 is 17.0 Å². The van der Waals surface area contributed by atoms with Crippen molar-refractivity contribution in [3.63, 3.8) is 0 Å². The largest absolute Gasteiger partial charge is 0.507 e. The van der Waals surface area contributed by atoms with E-state index in [-0.39, 0.29) is 27.6 Å². The van der Waals surface area contributed by atoms with Crippen LogP contribution in [0.5, 0.6) is 5.75 Å². The molecule has 0 spiro atoms. The Morgan fingerprint density at radius 3 is 2.61 bits per heavy atom. The van der Waals surface area contributed by atoms with Gasteiger partial charge in [0.15, 0.2) is 5.82 Å². The maximum Gasteiger partial charge on any atom is 0.158 e. The molecule has 2 aromatic carbocycles. The lowest BCUT2D eigenvalue weighted by Gasteiger charge is -2.23. The number of phenolic OH excluding ortho intramolecular Hbond substituents is 1. The summed E-state index contributed by atoms with van der Waals surface area (Å²) in [5, 5.41) is 9.93. The van der Waals surface area contributed by atoms with Gasteiger partial charge in [-0.1, -0.05) is 31.5 Å². The second-order valence-electron chi connectivity index (χ2n) is 5.82. The minimum atomic E-state index is -0.789.